The monoisotopic (exact) mass is 332 g/mol. The summed E-state index contributed by atoms with van der Waals surface area (Å²) in [5, 5.41) is 0. The topological polar surface area (TPSA) is 42.0 Å². The highest BCUT2D eigenvalue weighted by Crippen LogP contribution is 2.35. The molecule has 0 unspecified atom stereocenters. The van der Waals surface area contributed by atoms with Crippen LogP contribution < -0.4 is 9.47 Å². The maximum atomic E-state index is 13.2. The zero-order valence-electron chi connectivity index (χ0n) is 15.0. The minimum absolute atomic E-state index is 0.0659. The lowest BCUT2D eigenvalue weighted by Crippen LogP contribution is -2.48. The molecule has 1 aromatic carbocycles. The third-order valence-electron chi connectivity index (χ3n) is 5.46. The van der Waals surface area contributed by atoms with Gasteiger partial charge in [-0.05, 0) is 50.9 Å². The van der Waals surface area contributed by atoms with Gasteiger partial charge in [0.2, 0.25) is 0 Å². The summed E-state index contributed by atoms with van der Waals surface area (Å²) in [6, 6.07) is 6.33. The predicted molar refractivity (Wildman–Crippen MR) is 93.9 cm³/mol. The second-order valence-corrected chi connectivity index (χ2v) is 6.59. The quantitative estimate of drug-likeness (QED) is 0.831. The lowest BCUT2D eigenvalue weighted by molar-refractivity contribution is 0.0646. The first-order valence-electron chi connectivity index (χ1n) is 8.97. The highest BCUT2D eigenvalue weighted by Gasteiger charge is 2.40. The molecule has 0 spiro atoms. The summed E-state index contributed by atoms with van der Waals surface area (Å²) in [6.07, 6.45) is 4.60. The number of carbonyl (C=O) groups is 1. The van der Waals surface area contributed by atoms with Crippen molar-refractivity contribution < 1.29 is 14.3 Å². The van der Waals surface area contributed by atoms with Crippen molar-refractivity contribution in [2.24, 2.45) is 0 Å². The fourth-order valence-corrected chi connectivity index (χ4v) is 4.34. The molecule has 0 radical (unpaired) electrons. The molecule has 2 heterocycles. The van der Waals surface area contributed by atoms with Crippen molar-refractivity contribution in [1.82, 2.24) is 9.80 Å². The van der Waals surface area contributed by atoms with Gasteiger partial charge in [0.15, 0.2) is 11.5 Å². The number of methoxy groups -OCH3 is 2. The highest BCUT2D eigenvalue weighted by molar-refractivity contribution is 5.98. The van der Waals surface area contributed by atoms with Crippen LogP contribution in [0, 0.1) is 0 Å². The van der Waals surface area contributed by atoms with Gasteiger partial charge in [0.25, 0.3) is 5.91 Å². The van der Waals surface area contributed by atoms with Gasteiger partial charge in [0.05, 0.1) is 19.8 Å². The van der Waals surface area contributed by atoms with Crippen LogP contribution in [-0.4, -0.2) is 61.6 Å². The molecule has 5 heteroatoms. The molecule has 5 nitrogen and oxygen atoms in total. The minimum atomic E-state index is 0.0659. The Hall–Kier alpha value is -1.75. The SMILES string of the molecule is CCN1CCC[C@@H]1[C@@H]1CCCN1C(=O)c1cccc(OC)c1OC. The molecule has 24 heavy (non-hydrogen) atoms. The number of para-hydroxylation sites is 1. The first-order chi connectivity index (χ1) is 11.7. The predicted octanol–water partition coefficient (Wildman–Crippen LogP) is 2.79. The summed E-state index contributed by atoms with van der Waals surface area (Å²) in [5.41, 5.74) is 0.602. The summed E-state index contributed by atoms with van der Waals surface area (Å²) in [5.74, 6) is 1.21. The van der Waals surface area contributed by atoms with E-state index in [0.717, 1.165) is 32.5 Å². The Morgan fingerprint density at radius 1 is 1.12 bits per heavy atom. The first-order valence-corrected chi connectivity index (χ1v) is 8.97. The Labute approximate surface area is 144 Å². The summed E-state index contributed by atoms with van der Waals surface area (Å²) in [4.78, 5) is 17.8. The Balaban J connectivity index is 1.86. The standard InChI is InChI=1S/C19H28N2O3/c1-4-20-12-6-9-15(20)16-10-7-13-21(16)19(22)14-8-5-11-17(23-2)18(14)24-3/h5,8,11,15-16H,4,6-7,9-10,12-13H2,1-3H3/t15-,16+/m1/s1. The smallest absolute Gasteiger partial charge is 0.258 e. The molecule has 0 saturated carbocycles. The average Bonchev–Trinajstić information content (AvgIpc) is 3.28. The first kappa shape index (κ1) is 17.1. The van der Waals surface area contributed by atoms with E-state index in [2.05, 4.69) is 16.7 Å². The number of hydrogen-bond donors (Lipinski definition) is 0. The molecule has 0 aliphatic carbocycles. The van der Waals surface area contributed by atoms with E-state index in [1.807, 2.05) is 18.2 Å². The Morgan fingerprint density at radius 2 is 1.88 bits per heavy atom. The van der Waals surface area contributed by atoms with Crippen LogP contribution in [-0.2, 0) is 0 Å². The lowest BCUT2D eigenvalue weighted by Gasteiger charge is -2.34. The van der Waals surface area contributed by atoms with Gasteiger partial charge in [-0.15, -0.1) is 0 Å². The Bertz CT molecular complexity index is 590. The summed E-state index contributed by atoms with van der Waals surface area (Å²) in [7, 11) is 3.19. The number of carbonyl (C=O) groups excluding carboxylic acids is 1. The van der Waals surface area contributed by atoms with Crippen molar-refractivity contribution in [1.29, 1.82) is 0 Å². The largest absolute Gasteiger partial charge is 0.493 e. The molecule has 2 aliphatic rings. The second kappa shape index (κ2) is 7.43. The zero-order valence-corrected chi connectivity index (χ0v) is 15.0. The van der Waals surface area contributed by atoms with Crippen molar-refractivity contribution in [3.8, 4) is 11.5 Å². The van der Waals surface area contributed by atoms with E-state index in [9.17, 15) is 4.79 Å². The molecule has 2 aliphatic heterocycles. The summed E-state index contributed by atoms with van der Waals surface area (Å²) < 4.78 is 10.8. The molecule has 1 amide bonds. The number of likely N-dealkylation sites (N-methyl/N-ethyl adjacent to an activating group) is 1. The van der Waals surface area contributed by atoms with Crippen molar-refractivity contribution in [2.75, 3.05) is 33.9 Å². The molecular formula is C19H28N2O3. The van der Waals surface area contributed by atoms with E-state index in [1.54, 1.807) is 14.2 Å². The number of rotatable bonds is 5. The van der Waals surface area contributed by atoms with Gasteiger partial charge >= 0.3 is 0 Å². The van der Waals surface area contributed by atoms with Crippen LogP contribution in [0.15, 0.2) is 18.2 Å². The number of likely N-dealkylation sites (tertiary alicyclic amines) is 2. The van der Waals surface area contributed by atoms with Gasteiger partial charge in [-0.1, -0.05) is 13.0 Å². The van der Waals surface area contributed by atoms with E-state index >= 15 is 0 Å². The van der Waals surface area contributed by atoms with E-state index in [4.69, 9.17) is 9.47 Å². The van der Waals surface area contributed by atoms with Crippen LogP contribution in [0.1, 0.15) is 43.0 Å². The van der Waals surface area contributed by atoms with Crippen molar-refractivity contribution in [2.45, 2.75) is 44.7 Å². The fraction of sp³-hybridized carbons (Fsp3) is 0.632. The summed E-state index contributed by atoms with van der Waals surface area (Å²) in [6.45, 7) is 5.26. The van der Waals surface area contributed by atoms with Crippen LogP contribution in [0.5, 0.6) is 11.5 Å². The average molecular weight is 332 g/mol. The van der Waals surface area contributed by atoms with Crippen molar-refractivity contribution in [3.63, 3.8) is 0 Å². The zero-order chi connectivity index (χ0) is 17.1. The maximum absolute atomic E-state index is 13.2. The number of hydrogen-bond acceptors (Lipinski definition) is 4. The molecular weight excluding hydrogens is 304 g/mol. The van der Waals surface area contributed by atoms with Gasteiger partial charge in [-0.2, -0.15) is 0 Å². The van der Waals surface area contributed by atoms with Gasteiger partial charge in [-0.3, -0.25) is 9.69 Å². The molecule has 0 N–H and O–H groups in total. The van der Waals surface area contributed by atoms with Crippen LogP contribution in [0.4, 0.5) is 0 Å². The molecule has 0 bridgehead atoms. The molecule has 132 valence electrons. The van der Waals surface area contributed by atoms with E-state index in [-0.39, 0.29) is 5.91 Å². The number of ether oxygens (including phenoxy) is 2. The number of benzene rings is 1. The Morgan fingerprint density at radius 3 is 2.58 bits per heavy atom. The lowest BCUT2D eigenvalue weighted by atomic mass is 10.0. The number of amides is 1. The van der Waals surface area contributed by atoms with E-state index in [1.165, 1.54) is 12.8 Å². The van der Waals surface area contributed by atoms with Crippen molar-refractivity contribution >= 4 is 5.91 Å². The van der Waals surface area contributed by atoms with Gasteiger partial charge in [0, 0.05) is 18.6 Å². The fourth-order valence-electron chi connectivity index (χ4n) is 4.34. The molecule has 2 saturated heterocycles. The molecule has 1 aromatic rings. The molecule has 3 rings (SSSR count). The van der Waals surface area contributed by atoms with Crippen LogP contribution in [0.3, 0.4) is 0 Å². The summed E-state index contributed by atoms with van der Waals surface area (Å²) >= 11 is 0. The Kier molecular flexibility index (Phi) is 5.29. The van der Waals surface area contributed by atoms with Gasteiger partial charge in [-0.25, -0.2) is 0 Å². The number of nitrogens with zero attached hydrogens (tertiary/aromatic N) is 2. The van der Waals surface area contributed by atoms with Crippen LogP contribution >= 0.6 is 0 Å². The third kappa shape index (κ3) is 2.97. The molecule has 2 atom stereocenters. The van der Waals surface area contributed by atoms with Crippen LogP contribution in [0.25, 0.3) is 0 Å². The maximum Gasteiger partial charge on any atom is 0.258 e. The van der Waals surface area contributed by atoms with Gasteiger partial charge in [0.1, 0.15) is 0 Å². The van der Waals surface area contributed by atoms with Crippen LogP contribution in [0.2, 0.25) is 0 Å². The molecule has 0 aromatic heterocycles. The van der Waals surface area contributed by atoms with Gasteiger partial charge < -0.3 is 14.4 Å². The van der Waals surface area contributed by atoms with E-state index < -0.39 is 0 Å². The van der Waals surface area contributed by atoms with Crippen molar-refractivity contribution in [3.05, 3.63) is 23.8 Å². The second-order valence-electron chi connectivity index (χ2n) is 6.59. The molecule has 2 fully saturated rings. The minimum Gasteiger partial charge on any atom is -0.493 e. The normalized spacial score (nSPS) is 24.4. The highest BCUT2D eigenvalue weighted by atomic mass is 16.5. The third-order valence-corrected chi connectivity index (χ3v) is 5.46. The van der Waals surface area contributed by atoms with E-state index in [0.29, 0.717) is 29.1 Å².